The molecular formula is C13H16ClNS. The molecular weight excluding hydrogens is 238 g/mol. The number of nitrogens with two attached hydrogens (primary N) is 1. The SMILES string of the molecule is Cc1cccc(N)c1.Cl.Sc1ccccc1. The van der Waals surface area contributed by atoms with Crippen molar-refractivity contribution >= 4 is 30.7 Å². The molecule has 0 bridgehead atoms. The van der Waals surface area contributed by atoms with Crippen molar-refractivity contribution < 1.29 is 0 Å². The zero-order chi connectivity index (χ0) is 11.1. The number of nitrogen functional groups attached to an aromatic ring is 1. The van der Waals surface area contributed by atoms with Gasteiger partial charge >= 0.3 is 0 Å². The zero-order valence-corrected chi connectivity index (χ0v) is 10.8. The first kappa shape index (κ1) is 14.9. The highest BCUT2D eigenvalue weighted by Crippen LogP contribution is 2.03. The van der Waals surface area contributed by atoms with Crippen LogP contribution in [0.1, 0.15) is 5.56 Å². The molecule has 0 aliphatic carbocycles. The van der Waals surface area contributed by atoms with E-state index in [0.717, 1.165) is 10.6 Å². The minimum Gasteiger partial charge on any atom is -0.399 e. The van der Waals surface area contributed by atoms with E-state index in [4.69, 9.17) is 5.73 Å². The van der Waals surface area contributed by atoms with Crippen LogP contribution in [-0.4, -0.2) is 0 Å². The standard InChI is InChI=1S/C7H9N.C6H6S.ClH/c1-6-3-2-4-7(8)5-6;7-6-4-2-1-3-5-6;/h2-5H,8H2,1H3;1-5,7H;1H. The molecule has 0 heterocycles. The topological polar surface area (TPSA) is 26.0 Å². The lowest BCUT2D eigenvalue weighted by Gasteiger charge is -1.91. The van der Waals surface area contributed by atoms with Gasteiger partial charge in [-0.25, -0.2) is 0 Å². The number of rotatable bonds is 0. The highest BCUT2D eigenvalue weighted by Gasteiger charge is 1.81. The molecule has 0 amide bonds. The Bertz CT molecular complexity index is 386. The van der Waals surface area contributed by atoms with Crippen molar-refractivity contribution in [2.24, 2.45) is 0 Å². The maximum atomic E-state index is 5.46. The van der Waals surface area contributed by atoms with Crippen LogP contribution in [0.5, 0.6) is 0 Å². The lowest BCUT2D eigenvalue weighted by atomic mass is 10.2. The third-order valence-corrected chi connectivity index (χ3v) is 2.10. The summed E-state index contributed by atoms with van der Waals surface area (Å²) in [7, 11) is 0. The Kier molecular flexibility index (Phi) is 7.52. The van der Waals surface area contributed by atoms with Gasteiger partial charge in [-0.1, -0.05) is 30.3 Å². The van der Waals surface area contributed by atoms with Gasteiger partial charge in [0.15, 0.2) is 0 Å². The number of aryl methyl sites for hydroxylation is 1. The zero-order valence-electron chi connectivity index (χ0n) is 9.13. The number of anilines is 1. The van der Waals surface area contributed by atoms with Crippen molar-refractivity contribution in [3.63, 3.8) is 0 Å². The Morgan fingerprint density at radius 2 is 1.56 bits per heavy atom. The molecule has 0 unspecified atom stereocenters. The summed E-state index contributed by atoms with van der Waals surface area (Å²) in [5.41, 5.74) is 7.51. The first-order valence-corrected chi connectivity index (χ1v) is 5.19. The molecule has 3 heteroatoms. The first-order valence-electron chi connectivity index (χ1n) is 4.74. The molecule has 0 saturated carbocycles. The van der Waals surface area contributed by atoms with Crippen molar-refractivity contribution in [3.05, 3.63) is 60.2 Å². The second-order valence-electron chi connectivity index (χ2n) is 3.25. The predicted octanol–water partition coefficient (Wildman–Crippen LogP) is 3.97. The summed E-state index contributed by atoms with van der Waals surface area (Å²) in [5.74, 6) is 0. The van der Waals surface area contributed by atoms with Gasteiger partial charge in [0, 0.05) is 10.6 Å². The van der Waals surface area contributed by atoms with Gasteiger partial charge in [-0.3, -0.25) is 0 Å². The number of hydrogen-bond donors (Lipinski definition) is 2. The molecule has 2 N–H and O–H groups in total. The summed E-state index contributed by atoms with van der Waals surface area (Å²) >= 11 is 4.08. The summed E-state index contributed by atoms with van der Waals surface area (Å²) < 4.78 is 0. The summed E-state index contributed by atoms with van der Waals surface area (Å²) in [6, 6.07) is 17.6. The second kappa shape index (κ2) is 8.08. The van der Waals surface area contributed by atoms with Crippen LogP contribution < -0.4 is 5.73 Å². The quantitative estimate of drug-likeness (QED) is 0.539. The summed E-state index contributed by atoms with van der Waals surface area (Å²) in [6.07, 6.45) is 0. The third kappa shape index (κ3) is 6.38. The number of benzene rings is 2. The third-order valence-electron chi connectivity index (χ3n) is 1.80. The van der Waals surface area contributed by atoms with Gasteiger partial charge in [-0.05, 0) is 36.8 Å². The van der Waals surface area contributed by atoms with E-state index >= 15 is 0 Å². The maximum absolute atomic E-state index is 5.46. The van der Waals surface area contributed by atoms with E-state index in [1.54, 1.807) is 0 Å². The maximum Gasteiger partial charge on any atom is 0.0316 e. The van der Waals surface area contributed by atoms with Gasteiger partial charge in [0.05, 0.1) is 0 Å². The fourth-order valence-corrected chi connectivity index (χ4v) is 1.27. The van der Waals surface area contributed by atoms with E-state index in [1.165, 1.54) is 5.56 Å². The van der Waals surface area contributed by atoms with Crippen molar-refractivity contribution in [3.8, 4) is 0 Å². The molecule has 0 atom stereocenters. The van der Waals surface area contributed by atoms with Gasteiger partial charge < -0.3 is 5.73 Å². The fourth-order valence-electron chi connectivity index (χ4n) is 1.10. The first-order chi connectivity index (χ1) is 7.18. The molecule has 0 aliphatic heterocycles. The number of hydrogen-bond acceptors (Lipinski definition) is 2. The smallest absolute Gasteiger partial charge is 0.0316 e. The van der Waals surface area contributed by atoms with Crippen LogP contribution >= 0.6 is 25.0 Å². The fraction of sp³-hybridized carbons (Fsp3) is 0.0769. The Morgan fingerprint density at radius 1 is 0.938 bits per heavy atom. The predicted molar refractivity (Wildman–Crippen MR) is 76.5 cm³/mol. The van der Waals surface area contributed by atoms with Crippen molar-refractivity contribution in [1.29, 1.82) is 0 Å². The van der Waals surface area contributed by atoms with Crippen LogP contribution in [0.25, 0.3) is 0 Å². The molecule has 1 nitrogen and oxygen atoms in total. The van der Waals surface area contributed by atoms with Crippen LogP contribution in [0.2, 0.25) is 0 Å². The van der Waals surface area contributed by atoms with Crippen LogP contribution in [0.4, 0.5) is 5.69 Å². The summed E-state index contributed by atoms with van der Waals surface area (Å²) in [6.45, 7) is 2.02. The Balaban J connectivity index is 0.000000267. The number of thiol groups is 1. The van der Waals surface area contributed by atoms with Crippen molar-refractivity contribution in [1.82, 2.24) is 0 Å². The van der Waals surface area contributed by atoms with Crippen molar-refractivity contribution in [2.75, 3.05) is 5.73 Å². The molecule has 16 heavy (non-hydrogen) atoms. The lowest BCUT2D eigenvalue weighted by molar-refractivity contribution is 1.47. The Hall–Kier alpha value is -1.12. The molecule has 86 valence electrons. The average Bonchev–Trinajstić information content (AvgIpc) is 2.19. The Morgan fingerprint density at radius 3 is 1.88 bits per heavy atom. The molecule has 2 aromatic carbocycles. The molecule has 0 fully saturated rings. The van der Waals surface area contributed by atoms with E-state index < -0.39 is 0 Å². The van der Waals surface area contributed by atoms with Crippen LogP contribution in [0, 0.1) is 6.92 Å². The van der Waals surface area contributed by atoms with Crippen LogP contribution in [0.3, 0.4) is 0 Å². The van der Waals surface area contributed by atoms with Gasteiger partial charge in [-0.2, -0.15) is 0 Å². The normalized spacial score (nSPS) is 8.38. The van der Waals surface area contributed by atoms with Crippen molar-refractivity contribution in [2.45, 2.75) is 11.8 Å². The van der Waals surface area contributed by atoms with Gasteiger partial charge in [0.25, 0.3) is 0 Å². The monoisotopic (exact) mass is 253 g/mol. The molecule has 0 spiro atoms. The minimum absolute atomic E-state index is 0. The minimum atomic E-state index is 0. The van der Waals surface area contributed by atoms with Gasteiger partial charge in [0.1, 0.15) is 0 Å². The molecule has 0 aliphatic rings. The van der Waals surface area contributed by atoms with Crippen LogP contribution in [-0.2, 0) is 0 Å². The molecule has 0 aromatic heterocycles. The van der Waals surface area contributed by atoms with Gasteiger partial charge in [0.2, 0.25) is 0 Å². The van der Waals surface area contributed by atoms with Gasteiger partial charge in [-0.15, -0.1) is 25.0 Å². The summed E-state index contributed by atoms with van der Waals surface area (Å²) in [4.78, 5) is 1.02. The summed E-state index contributed by atoms with van der Waals surface area (Å²) in [5, 5.41) is 0. The molecule has 0 saturated heterocycles. The largest absolute Gasteiger partial charge is 0.399 e. The van der Waals surface area contributed by atoms with E-state index in [1.807, 2.05) is 61.5 Å². The second-order valence-corrected chi connectivity index (χ2v) is 3.77. The highest BCUT2D eigenvalue weighted by atomic mass is 35.5. The molecule has 0 radical (unpaired) electrons. The average molecular weight is 254 g/mol. The van der Waals surface area contributed by atoms with E-state index in [-0.39, 0.29) is 12.4 Å². The van der Waals surface area contributed by atoms with E-state index in [9.17, 15) is 0 Å². The van der Waals surface area contributed by atoms with E-state index in [2.05, 4.69) is 12.6 Å². The molecule has 2 aromatic rings. The highest BCUT2D eigenvalue weighted by molar-refractivity contribution is 7.80. The molecule has 2 rings (SSSR count). The van der Waals surface area contributed by atoms with E-state index in [0.29, 0.717) is 0 Å². The van der Waals surface area contributed by atoms with Crippen LogP contribution in [0.15, 0.2) is 59.5 Å². The Labute approximate surface area is 109 Å². The lowest BCUT2D eigenvalue weighted by Crippen LogP contribution is -1.82. The number of halogens is 1.